The van der Waals surface area contributed by atoms with Crippen LogP contribution >= 0.6 is 0 Å². The lowest BCUT2D eigenvalue weighted by Gasteiger charge is -2.22. The van der Waals surface area contributed by atoms with Crippen LogP contribution < -0.4 is 0 Å². The Hall–Kier alpha value is -5.20. The molecule has 0 radical (unpaired) electrons. The fourth-order valence-electron chi connectivity index (χ4n) is 7.62. The highest BCUT2D eigenvalue weighted by molar-refractivity contribution is 6.38. The summed E-state index contributed by atoms with van der Waals surface area (Å²) in [5, 5.41) is 15.8. The van der Waals surface area contributed by atoms with Gasteiger partial charge in [0.1, 0.15) is 0 Å². The van der Waals surface area contributed by atoms with E-state index in [0.29, 0.717) is 0 Å². The van der Waals surface area contributed by atoms with E-state index in [1.54, 1.807) is 0 Å². The van der Waals surface area contributed by atoms with E-state index in [4.69, 9.17) is 0 Å². The zero-order valence-electron chi connectivity index (χ0n) is 23.7. The Kier molecular flexibility index (Phi) is 4.84. The van der Waals surface area contributed by atoms with Crippen molar-refractivity contribution in [1.82, 2.24) is 0 Å². The Balaban J connectivity index is 1.65. The van der Waals surface area contributed by atoms with Gasteiger partial charge in [0.2, 0.25) is 0 Å². The normalized spacial score (nSPS) is 12.0. The van der Waals surface area contributed by atoms with E-state index in [2.05, 4.69) is 147 Å². The second kappa shape index (κ2) is 8.65. The number of rotatable bonds is 2. The van der Waals surface area contributed by atoms with Gasteiger partial charge in [0.05, 0.1) is 0 Å². The second-order valence-corrected chi connectivity index (χ2v) is 11.9. The van der Waals surface area contributed by atoms with Crippen molar-refractivity contribution in [3.05, 3.63) is 145 Å². The molecule has 0 heterocycles. The molecule has 9 aromatic rings. The van der Waals surface area contributed by atoms with Gasteiger partial charge in [-0.3, -0.25) is 0 Å². The van der Waals surface area contributed by atoms with Crippen molar-refractivity contribution in [2.45, 2.75) is 13.8 Å². The molecule has 0 heteroatoms. The van der Waals surface area contributed by atoms with Gasteiger partial charge >= 0.3 is 0 Å². The molecule has 0 saturated carbocycles. The molecule has 42 heavy (non-hydrogen) atoms. The molecule has 0 aliphatic carbocycles. The van der Waals surface area contributed by atoms with E-state index >= 15 is 0 Å². The number of fused-ring (bicyclic) bond motifs is 5. The Bertz CT molecular complexity index is 2490. The van der Waals surface area contributed by atoms with E-state index in [9.17, 15) is 0 Å². The fraction of sp³-hybridized carbons (Fsp3) is 0.0476. The van der Waals surface area contributed by atoms with Gasteiger partial charge in [-0.25, -0.2) is 0 Å². The molecule has 9 aromatic carbocycles. The molecule has 0 atom stereocenters. The third-order valence-corrected chi connectivity index (χ3v) is 9.18. The zero-order valence-corrected chi connectivity index (χ0v) is 23.7. The Morgan fingerprint density at radius 3 is 1.67 bits per heavy atom. The van der Waals surface area contributed by atoms with Gasteiger partial charge in [0.15, 0.2) is 0 Å². The smallest absolute Gasteiger partial charge is 0.00137 e. The van der Waals surface area contributed by atoms with Crippen molar-refractivity contribution in [3.63, 3.8) is 0 Å². The minimum atomic E-state index is 1.25. The maximum Gasteiger partial charge on any atom is -0.00137 e. The third kappa shape index (κ3) is 3.24. The Labute approximate surface area is 244 Å². The Morgan fingerprint density at radius 2 is 0.905 bits per heavy atom. The summed E-state index contributed by atoms with van der Waals surface area (Å²) in [6, 6.07) is 50.0. The Morgan fingerprint density at radius 1 is 0.310 bits per heavy atom. The molecule has 0 fully saturated rings. The lowest BCUT2D eigenvalue weighted by molar-refractivity contribution is 1.39. The van der Waals surface area contributed by atoms with Crippen molar-refractivity contribution in [1.29, 1.82) is 0 Å². The lowest BCUT2D eigenvalue weighted by Crippen LogP contribution is -1.94. The third-order valence-electron chi connectivity index (χ3n) is 9.18. The van der Waals surface area contributed by atoms with Gasteiger partial charge in [-0.2, -0.15) is 0 Å². The molecular formula is C42H28. The average molecular weight is 533 g/mol. The van der Waals surface area contributed by atoms with Crippen LogP contribution in [0.25, 0.3) is 86.9 Å². The summed E-state index contributed by atoms with van der Waals surface area (Å²) < 4.78 is 0. The maximum atomic E-state index is 2.50. The molecule has 0 nitrogen and oxygen atoms in total. The van der Waals surface area contributed by atoms with E-state index in [1.807, 2.05) is 0 Å². The summed E-state index contributed by atoms with van der Waals surface area (Å²) in [4.78, 5) is 0. The van der Waals surface area contributed by atoms with Crippen molar-refractivity contribution in [2.24, 2.45) is 0 Å². The number of hydrogen-bond donors (Lipinski definition) is 0. The molecule has 0 N–H and O–H groups in total. The summed E-state index contributed by atoms with van der Waals surface area (Å²) in [6.45, 7) is 4.44. The van der Waals surface area contributed by atoms with E-state index in [-0.39, 0.29) is 0 Å². The average Bonchev–Trinajstić information content (AvgIpc) is 3.02. The summed E-state index contributed by atoms with van der Waals surface area (Å²) >= 11 is 0. The number of aryl methyl sites for hydroxylation is 2. The first-order valence-electron chi connectivity index (χ1n) is 14.8. The first-order valence-corrected chi connectivity index (χ1v) is 14.8. The van der Waals surface area contributed by atoms with Gasteiger partial charge in [-0.05, 0) is 113 Å². The van der Waals surface area contributed by atoms with Gasteiger partial charge < -0.3 is 0 Å². The van der Waals surface area contributed by atoms with Gasteiger partial charge in [-0.15, -0.1) is 0 Å². The van der Waals surface area contributed by atoms with Crippen molar-refractivity contribution in [2.75, 3.05) is 0 Å². The summed E-state index contributed by atoms with van der Waals surface area (Å²) in [5.74, 6) is 0. The first-order chi connectivity index (χ1) is 20.7. The molecular weight excluding hydrogens is 504 g/mol. The minimum absolute atomic E-state index is 1.25. The molecule has 0 unspecified atom stereocenters. The summed E-state index contributed by atoms with van der Waals surface area (Å²) in [5.41, 5.74) is 7.75. The largest absolute Gasteiger partial charge is 0.0622 e. The molecule has 0 spiro atoms. The van der Waals surface area contributed by atoms with E-state index in [1.165, 1.54) is 98.0 Å². The van der Waals surface area contributed by atoms with Crippen LogP contribution in [0, 0.1) is 13.8 Å². The van der Waals surface area contributed by atoms with Crippen molar-refractivity contribution >= 4 is 64.6 Å². The van der Waals surface area contributed by atoms with Crippen LogP contribution in [0.5, 0.6) is 0 Å². The molecule has 196 valence electrons. The lowest BCUT2D eigenvalue weighted by atomic mass is 9.81. The highest BCUT2D eigenvalue weighted by atomic mass is 14.2. The van der Waals surface area contributed by atoms with Gasteiger partial charge in [0, 0.05) is 0 Å². The van der Waals surface area contributed by atoms with Crippen LogP contribution in [0.4, 0.5) is 0 Å². The standard InChI is InChI=1S/C42H28/c1-25-20-26(2)22-31(21-25)41-35-23-30-12-6-7-15-32(30)38(27-10-4-3-5-11-27)37(35)24-36-33-16-8-13-28-18-19-29-14-9-17-34(42(36)41)40(29)39(28)33/h3-24H,1-2H3. The molecule has 0 aromatic heterocycles. The first kappa shape index (κ1) is 23.5. The quantitative estimate of drug-likeness (QED) is 0.153. The van der Waals surface area contributed by atoms with Crippen LogP contribution in [0.3, 0.4) is 0 Å². The van der Waals surface area contributed by atoms with Gasteiger partial charge in [-0.1, -0.05) is 132 Å². The molecule has 0 aliphatic rings. The van der Waals surface area contributed by atoms with Crippen LogP contribution in [0.1, 0.15) is 11.1 Å². The zero-order chi connectivity index (χ0) is 27.9. The number of benzene rings is 9. The summed E-state index contributed by atoms with van der Waals surface area (Å²) in [7, 11) is 0. The predicted octanol–water partition coefficient (Wildman–Crippen LogP) is 12.0. The molecule has 0 aliphatic heterocycles. The molecule has 0 saturated heterocycles. The fourth-order valence-corrected chi connectivity index (χ4v) is 7.62. The highest BCUT2D eigenvalue weighted by Crippen LogP contribution is 2.49. The number of hydrogen-bond acceptors (Lipinski definition) is 0. The maximum absolute atomic E-state index is 2.50. The second-order valence-electron chi connectivity index (χ2n) is 11.9. The van der Waals surface area contributed by atoms with Crippen LogP contribution in [-0.4, -0.2) is 0 Å². The summed E-state index contributed by atoms with van der Waals surface area (Å²) in [6.07, 6.45) is 0. The van der Waals surface area contributed by atoms with E-state index < -0.39 is 0 Å². The molecule has 9 rings (SSSR count). The van der Waals surface area contributed by atoms with Crippen molar-refractivity contribution < 1.29 is 0 Å². The van der Waals surface area contributed by atoms with Crippen molar-refractivity contribution in [3.8, 4) is 22.3 Å². The molecule has 0 amide bonds. The van der Waals surface area contributed by atoms with E-state index in [0.717, 1.165) is 0 Å². The molecule has 0 bridgehead atoms. The SMILES string of the molecule is Cc1cc(C)cc(-c2c3cc4ccccc4c(-c4ccccc4)c3cc3c4cccc5ccc6cccc(c23)c6c54)c1. The van der Waals surface area contributed by atoms with Gasteiger partial charge in [0.25, 0.3) is 0 Å². The topological polar surface area (TPSA) is 0 Å². The van der Waals surface area contributed by atoms with Crippen LogP contribution in [0.2, 0.25) is 0 Å². The highest BCUT2D eigenvalue weighted by Gasteiger charge is 2.21. The van der Waals surface area contributed by atoms with Crippen LogP contribution in [0.15, 0.2) is 133 Å². The van der Waals surface area contributed by atoms with Crippen LogP contribution in [-0.2, 0) is 0 Å². The monoisotopic (exact) mass is 532 g/mol. The minimum Gasteiger partial charge on any atom is -0.0622 e. The predicted molar refractivity (Wildman–Crippen MR) is 183 cm³/mol.